The quantitative estimate of drug-likeness (QED) is 0.0571. The highest BCUT2D eigenvalue weighted by atomic mass is 16.4. The number of benzene rings is 1. The first-order valence-corrected chi connectivity index (χ1v) is 14.1. The number of nitrogens with zero attached hydrogens (tertiary/aromatic N) is 1. The lowest BCUT2D eigenvalue weighted by molar-refractivity contribution is -0.142. The van der Waals surface area contributed by atoms with Gasteiger partial charge < -0.3 is 49.0 Å². The zero-order valence-corrected chi connectivity index (χ0v) is 24.5. The number of carboxylic acid groups (broad SMARTS) is 1. The van der Waals surface area contributed by atoms with E-state index in [0.717, 1.165) is 10.9 Å². The Bertz CT molecular complexity index is 1310. The number of carbonyl (C=O) groups is 5. The van der Waals surface area contributed by atoms with Gasteiger partial charge in [-0.25, -0.2) is 4.79 Å². The second kappa shape index (κ2) is 16.7. The van der Waals surface area contributed by atoms with Crippen molar-refractivity contribution in [2.75, 3.05) is 6.54 Å². The van der Waals surface area contributed by atoms with Crippen LogP contribution in [0, 0.1) is 5.92 Å². The second-order valence-electron chi connectivity index (χ2n) is 10.5. The summed E-state index contributed by atoms with van der Waals surface area (Å²) in [7, 11) is 0. The Kier molecular flexibility index (Phi) is 13.4. The first kappa shape index (κ1) is 34.5. The molecule has 0 radical (unpaired) electrons. The van der Waals surface area contributed by atoms with Gasteiger partial charge in [0, 0.05) is 36.5 Å². The minimum Gasteiger partial charge on any atom is -0.480 e. The summed E-state index contributed by atoms with van der Waals surface area (Å²) in [5.74, 6) is -4.39. The molecular formula is C28H43N9O6. The van der Waals surface area contributed by atoms with E-state index in [-0.39, 0.29) is 50.5 Å². The molecule has 0 aliphatic heterocycles. The molecule has 1 aromatic heterocycles. The molecular weight excluding hydrogens is 558 g/mol. The van der Waals surface area contributed by atoms with Gasteiger partial charge in [0.15, 0.2) is 5.96 Å². The highest BCUT2D eigenvalue weighted by molar-refractivity contribution is 5.95. The van der Waals surface area contributed by atoms with Crippen molar-refractivity contribution < 1.29 is 29.1 Å². The molecule has 4 amide bonds. The molecule has 1 heterocycles. The first-order valence-electron chi connectivity index (χ1n) is 14.1. The molecule has 1 aromatic carbocycles. The first-order chi connectivity index (χ1) is 20.3. The van der Waals surface area contributed by atoms with Crippen molar-refractivity contribution in [3.63, 3.8) is 0 Å². The number of aliphatic imine (C=N–C) groups is 1. The van der Waals surface area contributed by atoms with Crippen LogP contribution >= 0.6 is 0 Å². The number of para-hydroxylation sites is 1. The Balaban J connectivity index is 2.32. The van der Waals surface area contributed by atoms with E-state index >= 15 is 0 Å². The van der Waals surface area contributed by atoms with Gasteiger partial charge in [-0.05, 0) is 36.8 Å². The topological polar surface area (TPSA) is 274 Å². The number of hydrogen-bond acceptors (Lipinski definition) is 7. The van der Waals surface area contributed by atoms with Gasteiger partial charge in [-0.15, -0.1) is 0 Å². The summed E-state index contributed by atoms with van der Waals surface area (Å²) in [6, 6.07) is 2.67. The van der Waals surface area contributed by atoms with Crippen molar-refractivity contribution >= 4 is 46.5 Å². The SMILES string of the molecule is CCC(C)C(N)C(=O)NC(CCC(N)=O)C(=O)NC(Cc1c[nH]c2ccccc12)C(=O)NC(CCCN=C(N)N)C(=O)O. The fourth-order valence-electron chi connectivity index (χ4n) is 4.37. The fourth-order valence-corrected chi connectivity index (χ4v) is 4.37. The van der Waals surface area contributed by atoms with E-state index in [0.29, 0.717) is 12.0 Å². The van der Waals surface area contributed by atoms with Crippen LogP contribution in [0.3, 0.4) is 0 Å². The summed E-state index contributed by atoms with van der Waals surface area (Å²) < 4.78 is 0. The number of rotatable bonds is 18. The minimum atomic E-state index is -1.29. The van der Waals surface area contributed by atoms with Crippen molar-refractivity contribution in [3.8, 4) is 0 Å². The number of aromatic amines is 1. The highest BCUT2D eigenvalue weighted by Crippen LogP contribution is 2.19. The molecule has 0 saturated heterocycles. The molecule has 0 saturated carbocycles. The molecule has 5 atom stereocenters. The number of fused-ring (bicyclic) bond motifs is 1. The monoisotopic (exact) mass is 601 g/mol. The fraction of sp³-hybridized carbons (Fsp3) is 0.500. The highest BCUT2D eigenvalue weighted by Gasteiger charge is 2.31. The summed E-state index contributed by atoms with van der Waals surface area (Å²) in [5.41, 5.74) is 23.4. The Labute approximate surface area is 249 Å². The molecule has 0 bridgehead atoms. The lowest BCUT2D eigenvalue weighted by Gasteiger charge is -2.26. The number of carbonyl (C=O) groups excluding carboxylic acids is 4. The number of aliphatic carboxylic acids is 1. The minimum absolute atomic E-state index is 0.00913. The zero-order chi connectivity index (χ0) is 32.1. The summed E-state index contributed by atoms with van der Waals surface area (Å²) in [4.78, 5) is 70.2. The Morgan fingerprint density at radius 1 is 0.930 bits per heavy atom. The molecule has 15 nitrogen and oxygen atoms in total. The number of guanidine groups is 1. The zero-order valence-electron chi connectivity index (χ0n) is 24.5. The number of aromatic nitrogens is 1. The Morgan fingerprint density at radius 3 is 2.19 bits per heavy atom. The van der Waals surface area contributed by atoms with E-state index in [1.54, 1.807) is 13.1 Å². The molecule has 0 aliphatic carbocycles. The van der Waals surface area contributed by atoms with Crippen LogP contribution in [-0.2, 0) is 30.4 Å². The summed E-state index contributed by atoms with van der Waals surface area (Å²) in [6.07, 6.45) is 2.25. The van der Waals surface area contributed by atoms with Gasteiger partial charge in [0.25, 0.3) is 0 Å². The van der Waals surface area contributed by atoms with E-state index < -0.39 is 53.8 Å². The summed E-state index contributed by atoms with van der Waals surface area (Å²) in [6.45, 7) is 3.83. The van der Waals surface area contributed by atoms with Crippen LogP contribution in [0.25, 0.3) is 10.9 Å². The van der Waals surface area contributed by atoms with Crippen LogP contribution in [0.1, 0.15) is 51.5 Å². The van der Waals surface area contributed by atoms with Gasteiger partial charge in [-0.3, -0.25) is 24.2 Å². The van der Waals surface area contributed by atoms with E-state index in [1.807, 2.05) is 31.2 Å². The smallest absolute Gasteiger partial charge is 0.326 e. The van der Waals surface area contributed by atoms with Crippen LogP contribution in [0.2, 0.25) is 0 Å². The molecule has 0 spiro atoms. The maximum Gasteiger partial charge on any atom is 0.326 e. The molecule has 0 aliphatic rings. The Morgan fingerprint density at radius 2 is 1.56 bits per heavy atom. The summed E-state index contributed by atoms with van der Waals surface area (Å²) >= 11 is 0. The molecule has 5 unspecified atom stereocenters. The normalized spacial score (nSPS) is 14.5. The van der Waals surface area contributed by atoms with E-state index in [1.165, 1.54) is 0 Å². The van der Waals surface area contributed by atoms with E-state index in [4.69, 9.17) is 22.9 Å². The number of H-pyrrole nitrogens is 1. The van der Waals surface area contributed by atoms with Gasteiger partial charge in [-0.1, -0.05) is 38.5 Å². The second-order valence-corrected chi connectivity index (χ2v) is 10.5. The van der Waals surface area contributed by atoms with Gasteiger partial charge >= 0.3 is 5.97 Å². The number of nitrogens with two attached hydrogens (primary N) is 4. The van der Waals surface area contributed by atoms with Crippen LogP contribution in [0.5, 0.6) is 0 Å². The van der Waals surface area contributed by atoms with Crippen LogP contribution in [0.4, 0.5) is 0 Å². The molecule has 236 valence electrons. The van der Waals surface area contributed by atoms with Crippen molar-refractivity contribution in [1.29, 1.82) is 0 Å². The molecule has 2 aromatic rings. The average molecular weight is 602 g/mol. The predicted molar refractivity (Wildman–Crippen MR) is 161 cm³/mol. The van der Waals surface area contributed by atoms with Crippen LogP contribution in [0.15, 0.2) is 35.5 Å². The van der Waals surface area contributed by atoms with Crippen molar-refractivity contribution in [2.24, 2.45) is 33.8 Å². The largest absolute Gasteiger partial charge is 0.480 e. The average Bonchev–Trinajstić information content (AvgIpc) is 3.37. The number of amides is 4. The molecule has 2 rings (SSSR count). The molecule has 43 heavy (non-hydrogen) atoms. The maximum absolute atomic E-state index is 13.5. The standard InChI is InChI=1S/C28H43N9O6/c1-3-15(2)23(30)26(41)35-19(10-11-22(29)38)24(39)37-21(13-16-14-34-18-8-5-4-7-17(16)18)25(40)36-20(27(42)43)9-6-12-33-28(31)32/h4-5,7-8,14-15,19-21,23,34H,3,6,9-13,30H2,1-2H3,(H2,29,38)(H,35,41)(H,36,40)(H,37,39)(H,42,43)(H4,31,32,33). The van der Waals surface area contributed by atoms with Crippen molar-refractivity contribution in [3.05, 3.63) is 36.0 Å². The van der Waals surface area contributed by atoms with Crippen LogP contribution < -0.4 is 38.9 Å². The lowest BCUT2D eigenvalue weighted by Crippen LogP contribution is -2.58. The number of hydrogen-bond donors (Lipinski definition) is 9. The van der Waals surface area contributed by atoms with E-state index in [2.05, 4.69) is 25.9 Å². The number of nitrogens with one attached hydrogen (secondary N) is 4. The van der Waals surface area contributed by atoms with Gasteiger partial charge in [0.1, 0.15) is 18.1 Å². The number of carboxylic acids is 1. The third-order valence-corrected chi connectivity index (χ3v) is 7.16. The predicted octanol–water partition coefficient (Wildman–Crippen LogP) is -1.06. The summed E-state index contributed by atoms with van der Waals surface area (Å²) in [5, 5.41) is 18.2. The lowest BCUT2D eigenvalue weighted by atomic mass is 9.98. The molecule has 0 fully saturated rings. The van der Waals surface area contributed by atoms with E-state index in [9.17, 15) is 29.1 Å². The van der Waals surface area contributed by atoms with Gasteiger partial charge in [0.2, 0.25) is 23.6 Å². The van der Waals surface area contributed by atoms with Crippen LogP contribution in [-0.4, -0.2) is 76.4 Å². The van der Waals surface area contributed by atoms with Crippen molar-refractivity contribution in [1.82, 2.24) is 20.9 Å². The maximum atomic E-state index is 13.5. The number of primary amides is 1. The van der Waals surface area contributed by atoms with Gasteiger partial charge in [-0.2, -0.15) is 0 Å². The molecule has 15 heteroatoms. The van der Waals surface area contributed by atoms with Crippen molar-refractivity contribution in [2.45, 2.75) is 76.5 Å². The third-order valence-electron chi connectivity index (χ3n) is 7.16. The third kappa shape index (κ3) is 10.9. The van der Waals surface area contributed by atoms with Gasteiger partial charge in [0.05, 0.1) is 6.04 Å². The molecule has 13 N–H and O–H groups in total. The Hall–Kier alpha value is -4.66.